The van der Waals surface area contributed by atoms with Gasteiger partial charge in [0.15, 0.2) is 5.82 Å². The van der Waals surface area contributed by atoms with Gasteiger partial charge in [-0.1, -0.05) is 23.4 Å². The number of hydrogen-bond donors (Lipinski definition) is 2. The maximum atomic E-state index is 12.8. The van der Waals surface area contributed by atoms with Crippen molar-refractivity contribution in [1.29, 1.82) is 0 Å². The molecule has 8 nitrogen and oxygen atoms in total. The Hall–Kier alpha value is -4.46. The van der Waals surface area contributed by atoms with Gasteiger partial charge in [-0.25, -0.2) is 0 Å². The molecule has 0 fully saturated rings. The number of hydrogen-bond acceptors (Lipinski definition) is 6. The van der Waals surface area contributed by atoms with Gasteiger partial charge < -0.3 is 19.9 Å². The van der Waals surface area contributed by atoms with Crippen molar-refractivity contribution in [3.63, 3.8) is 0 Å². The number of aromatic nitrogens is 2. The summed E-state index contributed by atoms with van der Waals surface area (Å²) in [6, 6.07) is 20.6. The Morgan fingerprint density at radius 1 is 0.906 bits per heavy atom. The molecule has 1 heterocycles. The lowest BCUT2D eigenvalue weighted by Crippen LogP contribution is -2.18. The van der Waals surface area contributed by atoms with E-state index >= 15 is 0 Å². The number of nitrogens with one attached hydrogen (secondary N) is 2. The van der Waals surface area contributed by atoms with E-state index in [1.54, 1.807) is 86.8 Å². The van der Waals surface area contributed by atoms with Gasteiger partial charge in [0, 0.05) is 22.9 Å². The van der Waals surface area contributed by atoms with Crippen molar-refractivity contribution in [2.45, 2.75) is 6.92 Å². The summed E-state index contributed by atoms with van der Waals surface area (Å²) in [6.07, 6.45) is 0. The molecule has 160 valence electrons. The summed E-state index contributed by atoms with van der Waals surface area (Å²) in [6.45, 7) is 1.73. The van der Waals surface area contributed by atoms with E-state index in [-0.39, 0.29) is 11.8 Å². The van der Waals surface area contributed by atoms with E-state index in [0.717, 1.165) is 0 Å². The number of methoxy groups -OCH3 is 1. The molecular weight excluding hydrogens is 408 g/mol. The second-order valence-corrected chi connectivity index (χ2v) is 6.91. The molecule has 2 amide bonds. The number of rotatable bonds is 6. The number of carbonyl (C=O) groups excluding carboxylic acids is 2. The summed E-state index contributed by atoms with van der Waals surface area (Å²) in [5.74, 6) is 0.847. The zero-order valence-corrected chi connectivity index (χ0v) is 17.5. The summed E-state index contributed by atoms with van der Waals surface area (Å²) in [5, 5.41) is 9.39. The molecule has 1 aromatic heterocycles. The smallest absolute Gasteiger partial charge is 0.257 e. The fourth-order valence-electron chi connectivity index (χ4n) is 3.06. The fourth-order valence-corrected chi connectivity index (χ4v) is 3.06. The molecule has 8 heteroatoms. The normalized spacial score (nSPS) is 10.4. The zero-order chi connectivity index (χ0) is 22.5. The van der Waals surface area contributed by atoms with Crippen LogP contribution in [-0.2, 0) is 0 Å². The van der Waals surface area contributed by atoms with Gasteiger partial charge in [-0.15, -0.1) is 0 Å². The van der Waals surface area contributed by atoms with E-state index in [2.05, 4.69) is 20.8 Å². The number of carbonyl (C=O) groups is 2. The minimum atomic E-state index is -0.351. The van der Waals surface area contributed by atoms with E-state index in [1.807, 2.05) is 0 Å². The maximum Gasteiger partial charge on any atom is 0.257 e. The second kappa shape index (κ2) is 9.13. The zero-order valence-electron chi connectivity index (χ0n) is 17.5. The van der Waals surface area contributed by atoms with E-state index < -0.39 is 0 Å². The third-order valence-corrected chi connectivity index (χ3v) is 4.67. The van der Waals surface area contributed by atoms with Gasteiger partial charge in [-0.05, 0) is 55.5 Å². The van der Waals surface area contributed by atoms with Crippen LogP contribution in [0.15, 0.2) is 77.3 Å². The Balaban J connectivity index is 1.50. The number of amides is 2. The van der Waals surface area contributed by atoms with Crippen LogP contribution in [0.2, 0.25) is 0 Å². The predicted molar refractivity (Wildman–Crippen MR) is 120 cm³/mol. The predicted octanol–water partition coefficient (Wildman–Crippen LogP) is 4.56. The third-order valence-electron chi connectivity index (χ3n) is 4.67. The molecule has 0 atom stereocenters. The highest BCUT2D eigenvalue weighted by molar-refractivity contribution is 6.12. The monoisotopic (exact) mass is 428 g/mol. The van der Waals surface area contributed by atoms with E-state index in [1.165, 1.54) is 0 Å². The van der Waals surface area contributed by atoms with Crippen LogP contribution in [0.3, 0.4) is 0 Å². The fraction of sp³-hybridized carbons (Fsp3) is 0.0833. The van der Waals surface area contributed by atoms with Crippen molar-refractivity contribution < 1.29 is 18.8 Å². The molecule has 2 N–H and O–H groups in total. The molecule has 0 saturated carbocycles. The highest BCUT2D eigenvalue weighted by atomic mass is 16.5. The molecule has 0 spiro atoms. The number of nitrogens with zero attached hydrogens (tertiary/aromatic N) is 2. The van der Waals surface area contributed by atoms with Crippen LogP contribution >= 0.6 is 0 Å². The van der Waals surface area contributed by atoms with Crippen molar-refractivity contribution in [3.8, 4) is 17.2 Å². The lowest BCUT2D eigenvalue weighted by atomic mass is 10.1. The molecule has 4 aromatic rings. The van der Waals surface area contributed by atoms with Crippen LogP contribution in [0.25, 0.3) is 11.5 Å². The number of aryl methyl sites for hydroxylation is 1. The van der Waals surface area contributed by atoms with Crippen LogP contribution in [0.4, 0.5) is 11.4 Å². The Morgan fingerprint density at radius 3 is 2.41 bits per heavy atom. The van der Waals surface area contributed by atoms with Crippen LogP contribution in [0.5, 0.6) is 5.75 Å². The number of anilines is 2. The van der Waals surface area contributed by atoms with E-state index in [0.29, 0.717) is 45.5 Å². The SMILES string of the molecule is COc1cccc(NC(=O)c2ccccc2NC(=O)c2ccc(-c3nc(C)no3)cc2)c1. The van der Waals surface area contributed by atoms with E-state index in [9.17, 15) is 9.59 Å². The summed E-state index contributed by atoms with van der Waals surface area (Å²) in [7, 11) is 1.56. The van der Waals surface area contributed by atoms with Crippen molar-refractivity contribution in [1.82, 2.24) is 10.1 Å². The Morgan fingerprint density at radius 2 is 1.69 bits per heavy atom. The van der Waals surface area contributed by atoms with Gasteiger partial charge >= 0.3 is 0 Å². The molecule has 0 unspecified atom stereocenters. The first-order valence-corrected chi connectivity index (χ1v) is 9.80. The van der Waals surface area contributed by atoms with Crippen LogP contribution in [0.1, 0.15) is 26.5 Å². The molecular formula is C24H20N4O4. The topological polar surface area (TPSA) is 106 Å². The van der Waals surface area contributed by atoms with Gasteiger partial charge in [-0.3, -0.25) is 9.59 Å². The van der Waals surface area contributed by atoms with Gasteiger partial charge in [0.25, 0.3) is 17.7 Å². The molecule has 4 rings (SSSR count). The average Bonchev–Trinajstić information content (AvgIpc) is 3.26. The van der Waals surface area contributed by atoms with Crippen molar-refractivity contribution in [2.24, 2.45) is 0 Å². The van der Waals surface area contributed by atoms with E-state index in [4.69, 9.17) is 9.26 Å². The van der Waals surface area contributed by atoms with Crippen molar-refractivity contribution in [2.75, 3.05) is 17.7 Å². The summed E-state index contributed by atoms with van der Waals surface area (Å²) in [4.78, 5) is 29.8. The lowest BCUT2D eigenvalue weighted by Gasteiger charge is -2.12. The molecule has 0 aliphatic rings. The summed E-state index contributed by atoms with van der Waals surface area (Å²) >= 11 is 0. The Kier molecular flexibility index (Phi) is 5.94. The van der Waals surface area contributed by atoms with Gasteiger partial charge in [0.05, 0.1) is 18.4 Å². The number of benzene rings is 3. The average molecular weight is 428 g/mol. The second-order valence-electron chi connectivity index (χ2n) is 6.91. The first-order chi connectivity index (χ1) is 15.5. The Bertz CT molecular complexity index is 1270. The summed E-state index contributed by atoms with van der Waals surface area (Å²) < 4.78 is 10.3. The van der Waals surface area contributed by atoms with Gasteiger partial charge in [0.1, 0.15) is 5.75 Å². The van der Waals surface area contributed by atoms with Crippen LogP contribution in [-0.4, -0.2) is 29.1 Å². The van der Waals surface area contributed by atoms with Crippen molar-refractivity contribution >= 4 is 23.2 Å². The molecule has 0 aliphatic heterocycles. The first kappa shape index (κ1) is 20.8. The largest absolute Gasteiger partial charge is 0.497 e. The van der Waals surface area contributed by atoms with Crippen LogP contribution < -0.4 is 15.4 Å². The molecule has 0 saturated heterocycles. The Labute approximate surface area is 184 Å². The minimum absolute atomic E-state index is 0.335. The molecule has 0 aliphatic carbocycles. The van der Waals surface area contributed by atoms with Gasteiger partial charge in [-0.2, -0.15) is 4.98 Å². The van der Waals surface area contributed by atoms with Crippen LogP contribution in [0, 0.1) is 6.92 Å². The summed E-state index contributed by atoms with van der Waals surface area (Å²) in [5.41, 5.74) is 2.45. The van der Waals surface area contributed by atoms with Crippen molar-refractivity contribution in [3.05, 3.63) is 89.7 Å². The molecule has 0 radical (unpaired) electrons. The highest BCUT2D eigenvalue weighted by Gasteiger charge is 2.15. The quantitative estimate of drug-likeness (QED) is 0.466. The van der Waals surface area contributed by atoms with Gasteiger partial charge in [0.2, 0.25) is 0 Å². The lowest BCUT2D eigenvalue weighted by molar-refractivity contribution is 0.102. The highest BCUT2D eigenvalue weighted by Crippen LogP contribution is 2.22. The first-order valence-electron chi connectivity index (χ1n) is 9.80. The molecule has 0 bridgehead atoms. The standard InChI is InChI=1S/C24H20N4O4/c1-15-25-24(32-28-15)17-12-10-16(11-13-17)22(29)27-21-9-4-3-8-20(21)23(30)26-18-6-5-7-19(14-18)31-2/h3-14H,1-2H3,(H,26,30)(H,27,29). The molecule has 32 heavy (non-hydrogen) atoms. The number of ether oxygens (including phenoxy) is 1. The maximum absolute atomic E-state index is 12.8. The number of para-hydroxylation sites is 1. The minimum Gasteiger partial charge on any atom is -0.497 e. The molecule has 3 aromatic carbocycles. The third kappa shape index (κ3) is 4.65.